The van der Waals surface area contributed by atoms with Crippen LogP contribution in [0, 0.1) is 0 Å². The van der Waals surface area contributed by atoms with E-state index in [1.165, 1.54) is 55.4 Å². The lowest BCUT2D eigenvalue weighted by Gasteiger charge is -2.46. The van der Waals surface area contributed by atoms with Gasteiger partial charge in [0, 0.05) is 112 Å². The van der Waals surface area contributed by atoms with E-state index in [9.17, 15) is 38.4 Å². The highest BCUT2D eigenvalue weighted by Crippen LogP contribution is 2.47. The number of aromatic nitrogens is 4. The second kappa shape index (κ2) is 22.6. The lowest BCUT2D eigenvalue weighted by atomic mass is 9.75. The van der Waals surface area contributed by atoms with Crippen LogP contribution in [0.25, 0.3) is 0 Å². The quantitative estimate of drug-likeness (QED) is 0.0881. The van der Waals surface area contributed by atoms with Crippen LogP contribution < -0.4 is 0 Å². The van der Waals surface area contributed by atoms with Crippen LogP contribution in [0.1, 0.15) is 155 Å². The lowest BCUT2D eigenvalue weighted by molar-refractivity contribution is -0.255. The minimum absolute atomic E-state index is 0.0593. The molecule has 78 heavy (non-hydrogen) atoms. The van der Waals surface area contributed by atoms with Gasteiger partial charge in [-0.1, -0.05) is 0 Å². The van der Waals surface area contributed by atoms with Gasteiger partial charge in [-0.15, -0.1) is 0 Å². The largest absolute Gasteiger partial charge is 0.463 e. The number of ether oxygens (including phenoxy) is 10. The van der Waals surface area contributed by atoms with E-state index in [4.69, 9.17) is 47.4 Å². The van der Waals surface area contributed by atoms with E-state index < -0.39 is 130 Å². The highest BCUT2D eigenvalue weighted by Gasteiger charge is 2.56. The molecule has 0 aromatic carbocycles. The van der Waals surface area contributed by atoms with Crippen molar-refractivity contribution in [2.45, 2.75) is 192 Å². The Morgan fingerprint density at radius 2 is 0.564 bits per heavy atom. The van der Waals surface area contributed by atoms with Crippen LogP contribution >= 0.6 is 0 Å². The highest BCUT2D eigenvalue weighted by molar-refractivity contribution is 5.70. The molecule has 8 bridgehead atoms. The number of H-pyrrole nitrogens is 4. The molecule has 0 aliphatic carbocycles. The maximum atomic E-state index is 13.0. The Bertz CT molecular complexity index is 2620. The third kappa shape index (κ3) is 12.2. The molecule has 0 spiro atoms. The molecule has 0 saturated carbocycles. The first-order valence-corrected chi connectivity index (χ1v) is 25.8. The first kappa shape index (κ1) is 58.5. The summed E-state index contributed by atoms with van der Waals surface area (Å²) >= 11 is 0. The van der Waals surface area contributed by atoms with Gasteiger partial charge < -0.3 is 67.3 Å². The van der Waals surface area contributed by atoms with Gasteiger partial charge in [-0.3, -0.25) is 38.4 Å². The first-order valence-electron chi connectivity index (χ1n) is 25.8. The molecule has 3 aliphatic heterocycles. The van der Waals surface area contributed by atoms with Crippen molar-refractivity contribution < 1.29 is 85.7 Å². The Balaban J connectivity index is 1.37. The van der Waals surface area contributed by atoms with Gasteiger partial charge in [-0.05, 0) is 103 Å². The zero-order chi connectivity index (χ0) is 57.4. The number of fused-ring (bicyclic) bond motifs is 8. The zero-order valence-electron chi connectivity index (χ0n) is 46.6. The highest BCUT2D eigenvalue weighted by atomic mass is 16.7. The molecular weight excluding hydrogens is 1020 g/mol. The molecule has 22 nitrogen and oxygen atoms in total. The summed E-state index contributed by atoms with van der Waals surface area (Å²) in [6, 6.07) is 15.7. The molecule has 0 unspecified atom stereocenters. The average molecular weight is 1090 g/mol. The molecule has 2 saturated heterocycles. The van der Waals surface area contributed by atoms with Gasteiger partial charge in [0.15, 0.2) is 36.6 Å². The summed E-state index contributed by atoms with van der Waals surface area (Å²) in [4.78, 5) is 116. The Labute approximate surface area is 451 Å². The number of esters is 8. The van der Waals surface area contributed by atoms with Crippen LogP contribution in [0.2, 0.25) is 0 Å². The topological polar surface area (TPSA) is 292 Å². The van der Waals surface area contributed by atoms with Gasteiger partial charge >= 0.3 is 47.8 Å². The summed E-state index contributed by atoms with van der Waals surface area (Å²) in [5.74, 6) is -5.67. The predicted octanol–water partition coefficient (Wildman–Crippen LogP) is 5.61. The standard InChI is InChI=1S/C56H72N4O18/c1-27(61)69-25-37-49(73-31(5)65)51(75-33(7)67)47(71-29(3)63)35(77-37)23-55(13)43-19-15-39(57-43)53(9,10)41-17-21-45(59-41)56(14,46-22-18-42(60-46)54(11,12)40-16-20-44(55)58-40)24-36-48(72-30(4)64)52(76-34(8)68)50(74-32(6)66)38(78-36)26-70-28(2)62/h15-22,35-38,47-52,57-60H,23-26H2,1-14H3/t35-,36-,37+,38+,47-,48-,49+,50+,51+,52+,55?,56?/m0/s1. The monoisotopic (exact) mass is 1090 g/mol. The number of aromatic amines is 4. The van der Waals surface area contributed by atoms with Gasteiger partial charge in [0.05, 0.1) is 10.8 Å². The number of carbonyl (C=O) groups excluding carboxylic acids is 8. The Kier molecular flexibility index (Phi) is 17.0. The van der Waals surface area contributed by atoms with E-state index in [1.807, 2.05) is 90.1 Å². The molecule has 3 aliphatic rings. The fourth-order valence-corrected chi connectivity index (χ4v) is 11.1. The van der Waals surface area contributed by atoms with E-state index in [0.29, 0.717) is 22.8 Å². The molecule has 0 amide bonds. The van der Waals surface area contributed by atoms with Crippen molar-refractivity contribution in [3.8, 4) is 0 Å². The zero-order valence-corrected chi connectivity index (χ0v) is 46.6. The average Bonchev–Trinajstić information content (AvgIpc) is 4.24. The van der Waals surface area contributed by atoms with E-state index in [0.717, 1.165) is 22.8 Å². The summed E-state index contributed by atoms with van der Waals surface area (Å²) < 4.78 is 59.2. The van der Waals surface area contributed by atoms with Crippen molar-refractivity contribution in [1.82, 2.24) is 19.9 Å². The van der Waals surface area contributed by atoms with Crippen LogP contribution in [0.3, 0.4) is 0 Å². The van der Waals surface area contributed by atoms with Crippen LogP contribution in [0.4, 0.5) is 0 Å². The van der Waals surface area contributed by atoms with E-state index in [-0.39, 0.29) is 26.1 Å². The smallest absolute Gasteiger partial charge is 0.303 e. The molecule has 0 radical (unpaired) electrons. The number of rotatable bonds is 14. The number of hydrogen-bond donors (Lipinski definition) is 4. The van der Waals surface area contributed by atoms with Gasteiger partial charge in [0.2, 0.25) is 0 Å². The van der Waals surface area contributed by atoms with Crippen molar-refractivity contribution >= 4 is 47.8 Å². The van der Waals surface area contributed by atoms with Crippen molar-refractivity contribution in [2.24, 2.45) is 0 Å². The maximum Gasteiger partial charge on any atom is 0.303 e. The minimum Gasteiger partial charge on any atom is -0.463 e. The molecule has 424 valence electrons. The normalized spacial score (nSPS) is 28.9. The minimum atomic E-state index is -1.37. The van der Waals surface area contributed by atoms with Crippen molar-refractivity contribution in [2.75, 3.05) is 13.2 Å². The van der Waals surface area contributed by atoms with Gasteiger partial charge in [-0.25, -0.2) is 0 Å². The van der Waals surface area contributed by atoms with E-state index >= 15 is 0 Å². The fourth-order valence-electron chi connectivity index (χ4n) is 11.1. The van der Waals surface area contributed by atoms with Crippen LogP contribution in [-0.4, -0.2) is 142 Å². The van der Waals surface area contributed by atoms with Crippen molar-refractivity contribution in [3.63, 3.8) is 0 Å². The molecule has 7 rings (SSSR count). The van der Waals surface area contributed by atoms with Crippen LogP contribution in [0.15, 0.2) is 48.5 Å². The third-order valence-electron chi connectivity index (χ3n) is 15.2. The van der Waals surface area contributed by atoms with E-state index in [1.54, 1.807) is 0 Å². The third-order valence-corrected chi connectivity index (χ3v) is 15.2. The van der Waals surface area contributed by atoms with Gasteiger partial charge in [0.1, 0.15) is 37.6 Å². The fraction of sp³-hybridized carbons (Fsp3) is 0.571. The number of hydrogen-bond acceptors (Lipinski definition) is 18. The van der Waals surface area contributed by atoms with Crippen molar-refractivity contribution in [3.05, 3.63) is 94.1 Å². The molecule has 4 aromatic heterocycles. The molecule has 7 heterocycles. The molecule has 2 fully saturated rings. The van der Waals surface area contributed by atoms with E-state index in [2.05, 4.69) is 19.9 Å². The Morgan fingerprint density at radius 3 is 0.795 bits per heavy atom. The summed E-state index contributed by atoms with van der Waals surface area (Å²) in [5.41, 5.74) is 2.30. The Morgan fingerprint density at radius 1 is 0.346 bits per heavy atom. The molecule has 10 atom stereocenters. The summed E-state index contributed by atoms with van der Waals surface area (Å²) in [5, 5.41) is 0. The summed E-state index contributed by atoms with van der Waals surface area (Å²) in [6.45, 7) is 20.9. The van der Waals surface area contributed by atoms with Gasteiger partial charge in [0.25, 0.3) is 0 Å². The first-order chi connectivity index (χ1) is 36.4. The second-order valence-electron chi connectivity index (χ2n) is 21.9. The molecule has 4 aromatic rings. The SMILES string of the molecule is CC(=O)OC[C@H]1O[C@@H](CC2(C)c3ccc([nH]3)C(C)(C)c3ccc([nH]3)C(C)(C[C@@H]3O[C@H](COC(C)=O)[C@@H](OC(C)=O)[C@H](OC(C)=O)[C@H]3OC(C)=O)c3ccc([nH]3)C(C)(C)c3ccc2[nH]3)[C@H](OC(C)=O)[C@@H](OC(C)=O)[C@@H]1OC(C)=O. The Hall–Kier alpha value is -7.20. The predicted molar refractivity (Wildman–Crippen MR) is 273 cm³/mol. The second-order valence-corrected chi connectivity index (χ2v) is 21.9. The van der Waals surface area contributed by atoms with Crippen molar-refractivity contribution in [1.29, 1.82) is 0 Å². The number of carbonyl (C=O) groups is 8. The lowest BCUT2D eigenvalue weighted by Crippen LogP contribution is -2.63. The maximum absolute atomic E-state index is 13.0. The molecule has 22 heteroatoms. The summed E-state index contributed by atoms with van der Waals surface area (Å²) in [7, 11) is 0. The van der Waals surface area contributed by atoms with Crippen LogP contribution in [-0.2, 0) is 107 Å². The van der Waals surface area contributed by atoms with Crippen LogP contribution in [0.5, 0.6) is 0 Å². The molecule has 4 N–H and O–H groups in total. The molecular formula is C56H72N4O18. The number of nitrogens with one attached hydrogen (secondary N) is 4. The summed E-state index contributed by atoms with van der Waals surface area (Å²) in [6.07, 6.45) is -12.4. The van der Waals surface area contributed by atoms with Gasteiger partial charge in [-0.2, -0.15) is 0 Å².